The monoisotopic (exact) mass is 442 g/mol. The summed E-state index contributed by atoms with van der Waals surface area (Å²) < 4.78 is 31.4. The quantitative estimate of drug-likeness (QED) is 0.613. The summed E-state index contributed by atoms with van der Waals surface area (Å²) in [5.41, 5.74) is 1.67. The molecule has 2 unspecified atom stereocenters. The van der Waals surface area contributed by atoms with Gasteiger partial charge in [-0.1, -0.05) is 18.2 Å². The van der Waals surface area contributed by atoms with Crippen LogP contribution in [-0.4, -0.2) is 43.4 Å². The van der Waals surface area contributed by atoms with Crippen LogP contribution in [0.4, 0.5) is 8.78 Å². The van der Waals surface area contributed by atoms with Gasteiger partial charge in [0.25, 0.3) is 0 Å². The van der Waals surface area contributed by atoms with Crippen molar-refractivity contribution in [2.45, 2.75) is 54.2 Å². The first-order valence-electron chi connectivity index (χ1n) is 10.5. The summed E-state index contributed by atoms with van der Waals surface area (Å²) in [4.78, 5) is 0. The molecule has 2 fully saturated rings. The molecule has 1 aromatic carbocycles. The van der Waals surface area contributed by atoms with Crippen LogP contribution in [0.3, 0.4) is 0 Å². The van der Waals surface area contributed by atoms with Gasteiger partial charge in [0.05, 0.1) is 5.69 Å². The highest BCUT2D eigenvalue weighted by Crippen LogP contribution is 2.38. The Balaban J connectivity index is 1.35. The summed E-state index contributed by atoms with van der Waals surface area (Å²) in [6.07, 6.45) is 6.52. The average molecular weight is 443 g/mol. The van der Waals surface area contributed by atoms with E-state index in [1.807, 2.05) is 17.8 Å². The summed E-state index contributed by atoms with van der Waals surface area (Å²) in [7, 11) is 1.85. The van der Waals surface area contributed by atoms with Crippen LogP contribution in [0.2, 0.25) is 0 Å². The SMILES string of the molecule is Cn1ccc(-c2cc(O)c(-c3ccc(S[C@@H]4CC5CCCC(N5)[C@@H]4F)nn3)cc2F)c1. The van der Waals surface area contributed by atoms with Gasteiger partial charge in [-0.2, -0.15) is 0 Å². The first-order valence-corrected chi connectivity index (χ1v) is 11.4. The highest BCUT2D eigenvalue weighted by Gasteiger charge is 2.40. The highest BCUT2D eigenvalue weighted by molar-refractivity contribution is 7.99. The summed E-state index contributed by atoms with van der Waals surface area (Å²) >= 11 is 1.42. The number of fused-ring (bicyclic) bond motifs is 2. The third-order valence-electron chi connectivity index (χ3n) is 6.19. The number of aromatic hydroxyl groups is 1. The lowest BCUT2D eigenvalue weighted by molar-refractivity contribution is 0.137. The Morgan fingerprint density at radius 2 is 2.03 bits per heavy atom. The number of aryl methyl sites for hydroxylation is 1. The van der Waals surface area contributed by atoms with E-state index in [-0.39, 0.29) is 22.6 Å². The number of aromatic nitrogens is 3. The molecule has 4 atom stereocenters. The Morgan fingerprint density at radius 3 is 2.77 bits per heavy atom. The van der Waals surface area contributed by atoms with E-state index in [0.717, 1.165) is 25.7 Å². The Morgan fingerprint density at radius 1 is 1.16 bits per heavy atom. The molecule has 0 amide bonds. The number of rotatable bonds is 4. The van der Waals surface area contributed by atoms with Crippen molar-refractivity contribution in [3.63, 3.8) is 0 Å². The number of hydrogen-bond donors (Lipinski definition) is 2. The molecule has 2 N–H and O–H groups in total. The smallest absolute Gasteiger partial charge is 0.132 e. The van der Waals surface area contributed by atoms with Crippen molar-refractivity contribution in [2.75, 3.05) is 0 Å². The third kappa shape index (κ3) is 4.06. The van der Waals surface area contributed by atoms with Crippen LogP contribution in [0, 0.1) is 5.82 Å². The molecule has 0 aliphatic carbocycles. The second-order valence-electron chi connectivity index (χ2n) is 8.41. The molecule has 162 valence electrons. The van der Waals surface area contributed by atoms with E-state index in [4.69, 9.17) is 0 Å². The summed E-state index contributed by atoms with van der Waals surface area (Å²) in [5.74, 6) is -0.509. The molecule has 4 heterocycles. The van der Waals surface area contributed by atoms with E-state index in [1.54, 1.807) is 24.4 Å². The van der Waals surface area contributed by atoms with Crippen molar-refractivity contribution >= 4 is 11.8 Å². The predicted molar refractivity (Wildman–Crippen MR) is 117 cm³/mol. The van der Waals surface area contributed by atoms with E-state index in [1.165, 1.54) is 23.9 Å². The molecule has 2 aliphatic rings. The molecule has 0 saturated carbocycles. The molecule has 8 heteroatoms. The summed E-state index contributed by atoms with van der Waals surface area (Å²) in [6.45, 7) is 0. The van der Waals surface area contributed by atoms with Gasteiger partial charge in [-0.05, 0) is 49.6 Å². The van der Waals surface area contributed by atoms with Gasteiger partial charge in [0.15, 0.2) is 0 Å². The van der Waals surface area contributed by atoms with E-state index >= 15 is 0 Å². The zero-order valence-electron chi connectivity index (χ0n) is 17.1. The lowest BCUT2D eigenvalue weighted by Crippen LogP contribution is -2.56. The molecule has 0 radical (unpaired) electrons. The van der Waals surface area contributed by atoms with Crippen LogP contribution < -0.4 is 5.32 Å². The van der Waals surface area contributed by atoms with Crippen LogP contribution in [0.25, 0.3) is 22.4 Å². The van der Waals surface area contributed by atoms with Crippen LogP contribution in [0.1, 0.15) is 25.7 Å². The van der Waals surface area contributed by atoms with Gasteiger partial charge in [0.2, 0.25) is 0 Å². The lowest BCUT2D eigenvalue weighted by Gasteiger charge is -2.42. The standard InChI is InChI=1S/C23H24F2N4OS/c1-29-8-7-13(12-29)15-11-20(30)16(10-17(15)24)18-5-6-22(28-27-18)31-21-9-14-3-2-4-19(26-14)23(21)25/h5-8,10-12,14,19,21,23,26,30H,2-4,9H2,1H3/t14?,19?,21-,23+/m1/s1. The molecule has 2 aliphatic heterocycles. The summed E-state index contributed by atoms with van der Waals surface area (Å²) in [5, 5.41) is 22.8. The average Bonchev–Trinajstić information content (AvgIpc) is 3.20. The van der Waals surface area contributed by atoms with Gasteiger partial charge in [0.1, 0.15) is 22.8 Å². The topological polar surface area (TPSA) is 63.0 Å². The van der Waals surface area contributed by atoms with Crippen molar-refractivity contribution in [1.82, 2.24) is 20.1 Å². The van der Waals surface area contributed by atoms with Crippen LogP contribution in [-0.2, 0) is 7.05 Å². The van der Waals surface area contributed by atoms with Crippen LogP contribution >= 0.6 is 11.8 Å². The van der Waals surface area contributed by atoms with E-state index in [2.05, 4.69) is 15.5 Å². The molecule has 0 spiro atoms. The predicted octanol–water partition coefficient (Wildman–Crippen LogP) is 4.71. The maximum atomic E-state index is 14.8. The number of piperidine rings is 2. The van der Waals surface area contributed by atoms with Gasteiger partial charge in [0, 0.05) is 53.5 Å². The van der Waals surface area contributed by atoms with Gasteiger partial charge in [-0.3, -0.25) is 0 Å². The number of alkyl halides is 1. The highest BCUT2D eigenvalue weighted by atomic mass is 32.2. The zero-order valence-corrected chi connectivity index (χ0v) is 17.9. The molecule has 3 aromatic rings. The number of halogens is 2. The van der Waals surface area contributed by atoms with Crippen molar-refractivity contribution in [3.8, 4) is 28.1 Å². The lowest BCUT2D eigenvalue weighted by atomic mass is 9.85. The fraction of sp³-hybridized carbons (Fsp3) is 0.391. The minimum absolute atomic E-state index is 0.0649. The molecule has 2 aromatic heterocycles. The van der Waals surface area contributed by atoms with Crippen LogP contribution in [0.15, 0.2) is 47.8 Å². The Labute approximate surface area is 183 Å². The van der Waals surface area contributed by atoms with Gasteiger partial charge < -0.3 is 15.0 Å². The molecule has 2 saturated heterocycles. The van der Waals surface area contributed by atoms with Gasteiger partial charge >= 0.3 is 0 Å². The van der Waals surface area contributed by atoms with Crippen molar-refractivity contribution < 1.29 is 13.9 Å². The molecule has 2 bridgehead atoms. The van der Waals surface area contributed by atoms with Crippen molar-refractivity contribution in [3.05, 3.63) is 48.5 Å². The Hall–Kier alpha value is -2.45. The maximum Gasteiger partial charge on any atom is 0.132 e. The molecule has 5 rings (SSSR count). The number of hydrogen-bond acceptors (Lipinski definition) is 5. The molecule has 5 nitrogen and oxygen atoms in total. The third-order valence-corrected chi connectivity index (χ3v) is 7.40. The second-order valence-corrected chi connectivity index (χ2v) is 9.67. The number of thioether (sulfide) groups is 1. The molecular weight excluding hydrogens is 418 g/mol. The van der Waals surface area contributed by atoms with Crippen LogP contribution in [0.5, 0.6) is 5.75 Å². The summed E-state index contributed by atoms with van der Waals surface area (Å²) in [6, 6.07) is 8.24. The minimum Gasteiger partial charge on any atom is -0.507 e. The van der Waals surface area contributed by atoms with Crippen molar-refractivity contribution in [1.29, 1.82) is 0 Å². The fourth-order valence-electron chi connectivity index (χ4n) is 4.61. The Bertz CT molecular complexity index is 1090. The normalized spacial score (nSPS) is 25.5. The number of phenolic OH excluding ortho intramolecular Hbond substituents is 1. The largest absolute Gasteiger partial charge is 0.507 e. The number of benzene rings is 1. The first-order chi connectivity index (χ1) is 15.0. The number of nitrogens with one attached hydrogen (secondary N) is 1. The molecule has 31 heavy (non-hydrogen) atoms. The Kier molecular flexibility index (Phi) is 5.44. The maximum absolute atomic E-state index is 14.8. The molecular formula is C23H24F2N4OS. The fourth-order valence-corrected chi connectivity index (χ4v) is 5.80. The van der Waals surface area contributed by atoms with Crippen molar-refractivity contribution in [2.24, 2.45) is 7.05 Å². The van der Waals surface area contributed by atoms with Gasteiger partial charge in [-0.25, -0.2) is 8.78 Å². The van der Waals surface area contributed by atoms with E-state index in [9.17, 15) is 13.9 Å². The number of phenols is 1. The second kappa shape index (κ2) is 8.24. The van der Waals surface area contributed by atoms with Gasteiger partial charge in [-0.15, -0.1) is 10.2 Å². The number of nitrogens with zero attached hydrogens (tertiary/aromatic N) is 3. The van der Waals surface area contributed by atoms with E-state index in [0.29, 0.717) is 27.9 Å². The zero-order chi connectivity index (χ0) is 21.5. The van der Waals surface area contributed by atoms with E-state index < -0.39 is 12.0 Å². The first kappa shape index (κ1) is 20.5. The minimum atomic E-state index is -0.910.